The average molecular weight is 408 g/mol. The van der Waals surface area contributed by atoms with Gasteiger partial charge in [0.1, 0.15) is 5.02 Å². The molecule has 5 rings (SSSR count). The van der Waals surface area contributed by atoms with Gasteiger partial charge in [0.05, 0.1) is 18.8 Å². The summed E-state index contributed by atoms with van der Waals surface area (Å²) in [6.07, 6.45) is 3.56. The topological polar surface area (TPSA) is 62.3 Å². The van der Waals surface area contributed by atoms with E-state index in [0.717, 1.165) is 31.6 Å². The Labute approximate surface area is 174 Å². The van der Waals surface area contributed by atoms with E-state index in [4.69, 9.17) is 16.4 Å². The van der Waals surface area contributed by atoms with Gasteiger partial charge in [-0.3, -0.25) is 4.84 Å². The Morgan fingerprint density at radius 1 is 1.14 bits per heavy atom. The van der Waals surface area contributed by atoms with Gasteiger partial charge in [0.2, 0.25) is 5.95 Å². The maximum absolute atomic E-state index is 6.44. The van der Waals surface area contributed by atoms with Gasteiger partial charge in [-0.2, -0.15) is 4.98 Å². The van der Waals surface area contributed by atoms with E-state index in [1.165, 1.54) is 16.7 Å². The van der Waals surface area contributed by atoms with Crippen molar-refractivity contribution in [3.8, 4) is 0 Å². The predicted octanol–water partition coefficient (Wildman–Crippen LogP) is 4.40. The summed E-state index contributed by atoms with van der Waals surface area (Å²) in [5.41, 5.74) is 4.84. The zero-order valence-corrected chi connectivity index (χ0v) is 16.7. The van der Waals surface area contributed by atoms with Gasteiger partial charge in [-0.25, -0.2) is 10.0 Å². The van der Waals surface area contributed by atoms with Gasteiger partial charge < -0.3 is 10.6 Å². The van der Waals surface area contributed by atoms with Gasteiger partial charge in [-0.1, -0.05) is 48.0 Å². The third kappa shape index (κ3) is 3.79. The van der Waals surface area contributed by atoms with Crippen LogP contribution in [-0.4, -0.2) is 23.1 Å². The van der Waals surface area contributed by atoms with E-state index in [2.05, 4.69) is 50.9 Å². The normalized spacial score (nSPS) is 18.5. The molecular weight excluding hydrogens is 386 g/mol. The lowest BCUT2D eigenvalue weighted by Crippen LogP contribution is -2.23. The first-order chi connectivity index (χ1) is 14.3. The van der Waals surface area contributed by atoms with Crippen LogP contribution in [0.4, 0.5) is 17.5 Å². The summed E-state index contributed by atoms with van der Waals surface area (Å²) in [6, 6.07) is 16.7. The van der Waals surface area contributed by atoms with E-state index >= 15 is 0 Å². The first kappa shape index (κ1) is 18.4. The molecule has 0 bridgehead atoms. The first-order valence-electron chi connectivity index (χ1n) is 9.87. The number of anilines is 3. The van der Waals surface area contributed by atoms with E-state index in [1.807, 2.05) is 18.2 Å². The lowest BCUT2D eigenvalue weighted by Gasteiger charge is -2.25. The largest absolute Gasteiger partial charge is 0.324 e. The van der Waals surface area contributed by atoms with Crippen LogP contribution in [0, 0.1) is 0 Å². The molecule has 6 nitrogen and oxygen atoms in total. The Morgan fingerprint density at radius 3 is 2.93 bits per heavy atom. The molecule has 3 heterocycles. The number of rotatable bonds is 4. The zero-order chi connectivity index (χ0) is 19.6. The standard InChI is InChI=1S/C22H22ClN5O/c23-19-14-25-22(26-18-7-6-15-8-10-24-13-17(15)12-18)27-21(19)28-20(9-11-29-28)16-4-2-1-3-5-16/h1-7,12,14,20,24H,8-11,13H2,(H,25,26,27). The van der Waals surface area contributed by atoms with Crippen LogP contribution in [0.1, 0.15) is 29.2 Å². The van der Waals surface area contributed by atoms with Crippen LogP contribution in [0.5, 0.6) is 0 Å². The molecule has 1 atom stereocenters. The second kappa shape index (κ2) is 7.99. The van der Waals surface area contributed by atoms with Gasteiger partial charge in [-0.15, -0.1) is 0 Å². The van der Waals surface area contributed by atoms with E-state index in [-0.39, 0.29) is 6.04 Å². The van der Waals surface area contributed by atoms with Crippen molar-refractivity contribution in [1.29, 1.82) is 0 Å². The fourth-order valence-electron chi connectivity index (χ4n) is 3.92. The lowest BCUT2D eigenvalue weighted by atomic mass is 10.0. The highest BCUT2D eigenvalue weighted by Gasteiger charge is 2.30. The number of nitrogens with zero attached hydrogens (tertiary/aromatic N) is 3. The molecule has 1 saturated heterocycles. The minimum Gasteiger partial charge on any atom is -0.324 e. The van der Waals surface area contributed by atoms with Crippen LogP contribution in [0.25, 0.3) is 0 Å². The number of nitrogens with one attached hydrogen (secondary N) is 2. The van der Waals surface area contributed by atoms with Gasteiger partial charge >= 0.3 is 0 Å². The minimum absolute atomic E-state index is 0.0752. The van der Waals surface area contributed by atoms with Gasteiger partial charge in [0.25, 0.3) is 0 Å². The molecule has 3 aromatic rings. The van der Waals surface area contributed by atoms with Crippen molar-refractivity contribution >= 4 is 29.1 Å². The van der Waals surface area contributed by atoms with E-state index in [1.54, 1.807) is 11.3 Å². The number of hydrogen-bond acceptors (Lipinski definition) is 6. The second-order valence-electron chi connectivity index (χ2n) is 7.27. The molecule has 1 aromatic heterocycles. The van der Waals surface area contributed by atoms with Crippen LogP contribution >= 0.6 is 11.6 Å². The van der Waals surface area contributed by atoms with Crippen LogP contribution in [-0.2, 0) is 17.8 Å². The highest BCUT2D eigenvalue weighted by Crippen LogP contribution is 2.37. The Kier molecular flexibility index (Phi) is 5.06. The smallest absolute Gasteiger partial charge is 0.229 e. The summed E-state index contributed by atoms with van der Waals surface area (Å²) in [5.74, 6) is 1.07. The fraction of sp³-hybridized carbons (Fsp3) is 0.273. The quantitative estimate of drug-likeness (QED) is 0.668. The van der Waals surface area contributed by atoms with Crippen LogP contribution in [0.3, 0.4) is 0 Å². The molecule has 0 amide bonds. The Hall–Kier alpha value is -2.67. The Balaban J connectivity index is 1.42. The molecule has 148 valence electrons. The maximum Gasteiger partial charge on any atom is 0.229 e. The summed E-state index contributed by atoms with van der Waals surface area (Å²) in [5, 5.41) is 8.99. The van der Waals surface area contributed by atoms with Crippen molar-refractivity contribution in [2.24, 2.45) is 0 Å². The molecule has 2 aliphatic heterocycles. The van der Waals surface area contributed by atoms with Crippen LogP contribution in [0.15, 0.2) is 54.7 Å². The number of hydrogen-bond donors (Lipinski definition) is 2. The number of halogens is 1. The Morgan fingerprint density at radius 2 is 2.03 bits per heavy atom. The molecule has 1 unspecified atom stereocenters. The maximum atomic E-state index is 6.44. The summed E-state index contributed by atoms with van der Waals surface area (Å²) in [6.45, 7) is 2.54. The number of aromatic nitrogens is 2. The van der Waals surface area contributed by atoms with Crippen molar-refractivity contribution in [3.63, 3.8) is 0 Å². The van der Waals surface area contributed by atoms with E-state index < -0.39 is 0 Å². The molecule has 0 aliphatic carbocycles. The summed E-state index contributed by atoms with van der Waals surface area (Å²) in [7, 11) is 0. The first-order valence-corrected chi connectivity index (χ1v) is 10.2. The molecule has 1 fully saturated rings. The monoisotopic (exact) mass is 407 g/mol. The molecule has 0 radical (unpaired) electrons. The average Bonchev–Trinajstić information content (AvgIpc) is 3.25. The molecule has 29 heavy (non-hydrogen) atoms. The fourth-order valence-corrected chi connectivity index (χ4v) is 4.09. The van der Waals surface area contributed by atoms with Gasteiger partial charge in [-0.05, 0) is 41.8 Å². The SMILES string of the molecule is Clc1cnc(Nc2ccc3c(c2)CNCC3)nc1N1OCCC1c1ccccc1. The minimum atomic E-state index is 0.0752. The third-order valence-electron chi connectivity index (χ3n) is 5.37. The van der Waals surface area contributed by atoms with Gasteiger partial charge in [0, 0.05) is 18.7 Å². The summed E-state index contributed by atoms with van der Waals surface area (Å²) >= 11 is 6.44. The second-order valence-corrected chi connectivity index (χ2v) is 7.68. The predicted molar refractivity (Wildman–Crippen MR) is 114 cm³/mol. The number of hydroxylamine groups is 1. The highest BCUT2D eigenvalue weighted by atomic mass is 35.5. The van der Waals surface area contributed by atoms with Crippen molar-refractivity contribution in [2.75, 3.05) is 23.5 Å². The molecule has 2 aliphatic rings. The lowest BCUT2D eigenvalue weighted by molar-refractivity contribution is 0.157. The third-order valence-corrected chi connectivity index (χ3v) is 5.64. The molecule has 7 heteroatoms. The molecule has 2 aromatic carbocycles. The van der Waals surface area contributed by atoms with Crippen LogP contribution < -0.4 is 15.7 Å². The number of benzene rings is 2. The van der Waals surface area contributed by atoms with Crippen LogP contribution in [0.2, 0.25) is 5.02 Å². The van der Waals surface area contributed by atoms with Gasteiger partial charge in [0.15, 0.2) is 5.82 Å². The van der Waals surface area contributed by atoms with Crippen molar-refractivity contribution < 1.29 is 4.84 Å². The van der Waals surface area contributed by atoms with Crippen molar-refractivity contribution in [2.45, 2.75) is 25.4 Å². The molecule has 0 spiro atoms. The van der Waals surface area contributed by atoms with Crippen molar-refractivity contribution in [1.82, 2.24) is 15.3 Å². The molecule has 0 saturated carbocycles. The summed E-state index contributed by atoms with van der Waals surface area (Å²) in [4.78, 5) is 14.9. The zero-order valence-electron chi connectivity index (χ0n) is 15.9. The summed E-state index contributed by atoms with van der Waals surface area (Å²) < 4.78 is 0. The molecule has 2 N–H and O–H groups in total. The van der Waals surface area contributed by atoms with E-state index in [9.17, 15) is 0 Å². The van der Waals surface area contributed by atoms with Crippen molar-refractivity contribution in [3.05, 3.63) is 76.4 Å². The Bertz CT molecular complexity index is 1010. The highest BCUT2D eigenvalue weighted by molar-refractivity contribution is 6.32. The number of fused-ring (bicyclic) bond motifs is 1. The van der Waals surface area contributed by atoms with E-state index in [0.29, 0.717) is 23.4 Å². The molecular formula is C22H22ClN5O.